The highest BCUT2D eigenvalue weighted by Gasteiger charge is 2.39. The molecular weight excluding hydrogens is 414 g/mol. The van der Waals surface area contributed by atoms with E-state index in [1.54, 1.807) is 24.3 Å². The average Bonchev–Trinajstić information content (AvgIpc) is 3.05. The SMILES string of the molecule is CC(=O)N1CC(C(=O)NCC(=O)c2ccc(Br)cc2)N(C(=O)CC(C)C)C1. The summed E-state index contributed by atoms with van der Waals surface area (Å²) >= 11 is 3.31. The Balaban J connectivity index is 2.02. The minimum absolute atomic E-state index is 0.0969. The molecule has 0 aliphatic carbocycles. The van der Waals surface area contributed by atoms with E-state index >= 15 is 0 Å². The molecule has 1 fully saturated rings. The second-order valence-electron chi connectivity index (χ2n) is 7.01. The van der Waals surface area contributed by atoms with E-state index in [2.05, 4.69) is 21.2 Å². The van der Waals surface area contributed by atoms with E-state index in [0.29, 0.717) is 12.0 Å². The quantitative estimate of drug-likeness (QED) is 0.687. The van der Waals surface area contributed by atoms with E-state index in [1.807, 2.05) is 13.8 Å². The van der Waals surface area contributed by atoms with Crippen molar-refractivity contribution in [1.29, 1.82) is 0 Å². The molecule has 1 aromatic carbocycles. The van der Waals surface area contributed by atoms with Crippen molar-refractivity contribution < 1.29 is 19.2 Å². The molecule has 1 saturated heterocycles. The van der Waals surface area contributed by atoms with Crippen molar-refractivity contribution in [3.05, 3.63) is 34.3 Å². The Kier molecular flexibility index (Phi) is 7.12. The molecule has 1 heterocycles. The van der Waals surface area contributed by atoms with Crippen molar-refractivity contribution in [2.75, 3.05) is 19.8 Å². The van der Waals surface area contributed by atoms with Crippen LogP contribution in [0.5, 0.6) is 0 Å². The zero-order valence-corrected chi connectivity index (χ0v) is 17.3. The normalized spacial score (nSPS) is 16.6. The molecule has 146 valence electrons. The van der Waals surface area contributed by atoms with E-state index in [9.17, 15) is 19.2 Å². The number of Topliss-reactive ketones (excluding diaryl/α,β-unsaturated/α-hetero) is 1. The van der Waals surface area contributed by atoms with Crippen molar-refractivity contribution in [3.63, 3.8) is 0 Å². The van der Waals surface area contributed by atoms with E-state index in [4.69, 9.17) is 0 Å². The number of rotatable bonds is 6. The molecule has 1 unspecified atom stereocenters. The molecule has 1 N–H and O–H groups in total. The van der Waals surface area contributed by atoms with Crippen LogP contribution in [-0.2, 0) is 14.4 Å². The third kappa shape index (κ3) is 5.63. The van der Waals surface area contributed by atoms with Crippen molar-refractivity contribution >= 4 is 39.4 Å². The van der Waals surface area contributed by atoms with Crippen molar-refractivity contribution in [1.82, 2.24) is 15.1 Å². The fraction of sp³-hybridized carbons (Fsp3) is 0.474. The van der Waals surface area contributed by atoms with Gasteiger partial charge in [0.05, 0.1) is 19.8 Å². The monoisotopic (exact) mass is 437 g/mol. The number of carbonyl (C=O) groups excluding carboxylic acids is 4. The third-order valence-corrected chi connectivity index (χ3v) is 4.86. The predicted octanol–water partition coefficient (Wildman–Crippen LogP) is 1.81. The van der Waals surface area contributed by atoms with Crippen LogP contribution in [0.3, 0.4) is 0 Å². The highest BCUT2D eigenvalue weighted by atomic mass is 79.9. The number of halogens is 1. The molecule has 3 amide bonds. The van der Waals surface area contributed by atoms with Gasteiger partial charge >= 0.3 is 0 Å². The van der Waals surface area contributed by atoms with Gasteiger partial charge < -0.3 is 15.1 Å². The standard InChI is InChI=1S/C19H24BrN3O4/c1-12(2)8-18(26)23-11-22(13(3)24)10-16(23)19(27)21-9-17(25)14-4-6-15(20)7-5-14/h4-7,12,16H,8-11H2,1-3H3,(H,21,27). The molecule has 0 saturated carbocycles. The van der Waals surface area contributed by atoms with Gasteiger partial charge in [0.2, 0.25) is 17.7 Å². The number of hydrogen-bond donors (Lipinski definition) is 1. The van der Waals surface area contributed by atoms with Gasteiger partial charge in [-0.3, -0.25) is 19.2 Å². The molecule has 0 bridgehead atoms. The second kappa shape index (κ2) is 9.12. The highest BCUT2D eigenvalue weighted by Crippen LogP contribution is 2.17. The van der Waals surface area contributed by atoms with Crippen molar-refractivity contribution in [2.45, 2.75) is 33.2 Å². The number of nitrogens with one attached hydrogen (secondary N) is 1. The maximum absolute atomic E-state index is 12.6. The summed E-state index contributed by atoms with van der Waals surface area (Å²) < 4.78 is 0.859. The fourth-order valence-corrected chi connectivity index (χ4v) is 3.11. The summed E-state index contributed by atoms with van der Waals surface area (Å²) in [6.07, 6.45) is 0.299. The minimum atomic E-state index is -0.780. The van der Waals surface area contributed by atoms with Gasteiger partial charge in [0, 0.05) is 23.4 Å². The van der Waals surface area contributed by atoms with Gasteiger partial charge in [0.15, 0.2) is 5.78 Å². The minimum Gasteiger partial charge on any atom is -0.347 e. The molecule has 0 radical (unpaired) electrons. The second-order valence-corrected chi connectivity index (χ2v) is 7.92. The van der Waals surface area contributed by atoms with Crippen LogP contribution in [-0.4, -0.2) is 59.1 Å². The van der Waals surface area contributed by atoms with Gasteiger partial charge in [-0.05, 0) is 18.1 Å². The lowest BCUT2D eigenvalue weighted by Crippen LogP contribution is -2.48. The van der Waals surface area contributed by atoms with Gasteiger partial charge in [-0.25, -0.2) is 0 Å². The van der Waals surface area contributed by atoms with Crippen molar-refractivity contribution in [2.24, 2.45) is 5.92 Å². The van der Waals surface area contributed by atoms with Gasteiger partial charge in [-0.15, -0.1) is 0 Å². The van der Waals surface area contributed by atoms with Crippen LogP contribution < -0.4 is 5.32 Å². The Bertz CT molecular complexity index is 733. The summed E-state index contributed by atoms with van der Waals surface area (Å²) in [4.78, 5) is 51.9. The molecule has 27 heavy (non-hydrogen) atoms. The molecule has 1 atom stereocenters. The van der Waals surface area contributed by atoms with E-state index in [-0.39, 0.29) is 43.3 Å². The smallest absolute Gasteiger partial charge is 0.245 e. The fourth-order valence-electron chi connectivity index (χ4n) is 2.84. The van der Waals surface area contributed by atoms with Gasteiger partial charge in [0.25, 0.3) is 0 Å². The first kappa shape index (κ1) is 21.1. The van der Waals surface area contributed by atoms with E-state index < -0.39 is 11.9 Å². The van der Waals surface area contributed by atoms with Crippen LogP contribution in [0.4, 0.5) is 0 Å². The Hall–Kier alpha value is -2.22. The number of benzene rings is 1. The summed E-state index contributed by atoms with van der Waals surface area (Å²) in [5, 5.41) is 2.60. The van der Waals surface area contributed by atoms with E-state index in [0.717, 1.165) is 4.47 Å². The molecule has 1 aromatic rings. The zero-order chi connectivity index (χ0) is 20.1. The molecular formula is C19H24BrN3O4. The first-order valence-electron chi connectivity index (χ1n) is 8.80. The van der Waals surface area contributed by atoms with Crippen LogP contribution in [0.2, 0.25) is 0 Å². The molecule has 0 aromatic heterocycles. The number of carbonyl (C=O) groups is 4. The van der Waals surface area contributed by atoms with Gasteiger partial charge in [-0.1, -0.05) is 41.9 Å². The molecule has 1 aliphatic rings. The largest absolute Gasteiger partial charge is 0.347 e. The first-order valence-corrected chi connectivity index (χ1v) is 9.59. The Morgan fingerprint density at radius 2 is 1.81 bits per heavy atom. The molecule has 7 nitrogen and oxygen atoms in total. The molecule has 2 rings (SSSR count). The summed E-state index contributed by atoms with van der Waals surface area (Å²) in [6.45, 7) is 5.31. The van der Waals surface area contributed by atoms with Gasteiger partial charge in [0.1, 0.15) is 6.04 Å². The van der Waals surface area contributed by atoms with Crippen LogP contribution in [0.15, 0.2) is 28.7 Å². The maximum Gasteiger partial charge on any atom is 0.245 e. The van der Waals surface area contributed by atoms with Crippen LogP contribution in [0.1, 0.15) is 37.6 Å². The number of nitrogens with zero attached hydrogens (tertiary/aromatic N) is 2. The van der Waals surface area contributed by atoms with Crippen LogP contribution in [0.25, 0.3) is 0 Å². The summed E-state index contributed by atoms with van der Waals surface area (Å²) in [5.41, 5.74) is 0.489. The molecule has 0 spiro atoms. The maximum atomic E-state index is 12.6. The summed E-state index contributed by atoms with van der Waals surface area (Å²) in [7, 11) is 0. The third-order valence-electron chi connectivity index (χ3n) is 4.33. The number of ketones is 1. The predicted molar refractivity (Wildman–Crippen MR) is 104 cm³/mol. The average molecular weight is 438 g/mol. The lowest BCUT2D eigenvalue weighted by atomic mass is 10.1. The summed E-state index contributed by atoms with van der Waals surface area (Å²) in [5.74, 6) is -0.878. The molecule has 1 aliphatic heterocycles. The number of amides is 3. The lowest BCUT2D eigenvalue weighted by molar-refractivity contribution is -0.139. The van der Waals surface area contributed by atoms with Crippen molar-refractivity contribution in [3.8, 4) is 0 Å². The lowest BCUT2D eigenvalue weighted by Gasteiger charge is -2.23. The first-order chi connectivity index (χ1) is 12.7. The van der Waals surface area contributed by atoms with E-state index in [1.165, 1.54) is 16.7 Å². The van der Waals surface area contributed by atoms with Gasteiger partial charge in [-0.2, -0.15) is 0 Å². The van der Waals surface area contributed by atoms with Crippen LogP contribution in [0, 0.1) is 5.92 Å². The Morgan fingerprint density at radius 3 is 2.37 bits per heavy atom. The Labute approximate surface area is 167 Å². The van der Waals surface area contributed by atoms with Crippen LogP contribution >= 0.6 is 15.9 Å². The molecule has 8 heteroatoms. The number of hydrogen-bond acceptors (Lipinski definition) is 4. The Morgan fingerprint density at radius 1 is 1.19 bits per heavy atom. The summed E-state index contributed by atoms with van der Waals surface area (Å²) in [6, 6.07) is 6.07. The highest BCUT2D eigenvalue weighted by molar-refractivity contribution is 9.10. The zero-order valence-electron chi connectivity index (χ0n) is 15.7. The topological polar surface area (TPSA) is 86.8 Å².